The summed E-state index contributed by atoms with van der Waals surface area (Å²) >= 11 is 4.98. The Labute approximate surface area is 87.5 Å². The molecule has 0 amide bonds. The molecule has 2 aliphatic rings. The monoisotopic (exact) mass is 208 g/mol. The molecule has 3 rings (SSSR count). The lowest BCUT2D eigenvalue weighted by atomic mass is 10.2. The molecule has 2 fully saturated rings. The van der Waals surface area contributed by atoms with Gasteiger partial charge in [0.1, 0.15) is 10.7 Å². The van der Waals surface area contributed by atoms with Crippen LogP contribution in [0.1, 0.15) is 49.0 Å². The molecule has 14 heavy (non-hydrogen) atoms. The van der Waals surface area contributed by atoms with E-state index in [0.717, 1.165) is 5.69 Å². The summed E-state index contributed by atoms with van der Waals surface area (Å²) in [7, 11) is 0. The molecule has 0 aromatic carbocycles. The lowest BCUT2D eigenvalue weighted by Crippen LogP contribution is -2.13. The molecule has 1 heterocycles. The number of hydrogen-bond acceptors (Lipinski definition) is 3. The highest BCUT2D eigenvalue weighted by Gasteiger charge is 2.36. The van der Waals surface area contributed by atoms with E-state index >= 15 is 0 Å². The van der Waals surface area contributed by atoms with Gasteiger partial charge < -0.3 is 5.73 Å². The molecule has 2 N–H and O–H groups in total. The zero-order chi connectivity index (χ0) is 9.71. The maximum atomic E-state index is 5.63. The van der Waals surface area contributed by atoms with Gasteiger partial charge in [0, 0.05) is 5.92 Å². The van der Waals surface area contributed by atoms with Gasteiger partial charge in [0.2, 0.25) is 0 Å². The SMILES string of the molecule is NC(=S)c1nnn(C2CC2)c1C1CC1. The molecule has 1 aromatic rings. The van der Waals surface area contributed by atoms with Gasteiger partial charge in [-0.15, -0.1) is 5.10 Å². The van der Waals surface area contributed by atoms with Crippen molar-refractivity contribution in [3.63, 3.8) is 0 Å². The van der Waals surface area contributed by atoms with E-state index in [1.54, 1.807) is 0 Å². The van der Waals surface area contributed by atoms with Gasteiger partial charge in [0.15, 0.2) is 0 Å². The van der Waals surface area contributed by atoms with Crippen molar-refractivity contribution in [1.82, 2.24) is 15.0 Å². The fourth-order valence-electron chi connectivity index (χ4n) is 1.80. The minimum Gasteiger partial charge on any atom is -0.388 e. The Kier molecular flexibility index (Phi) is 1.65. The molecular formula is C9H12N4S. The van der Waals surface area contributed by atoms with Gasteiger partial charge in [-0.25, -0.2) is 4.68 Å². The average Bonchev–Trinajstić information content (AvgIpc) is 3.03. The predicted molar refractivity (Wildman–Crippen MR) is 56.2 cm³/mol. The van der Waals surface area contributed by atoms with Crippen molar-refractivity contribution in [3.05, 3.63) is 11.4 Å². The second kappa shape index (κ2) is 2.76. The van der Waals surface area contributed by atoms with Crippen LogP contribution in [-0.4, -0.2) is 20.0 Å². The van der Waals surface area contributed by atoms with E-state index in [0.29, 0.717) is 16.9 Å². The van der Waals surface area contributed by atoms with Gasteiger partial charge in [-0.05, 0) is 25.7 Å². The molecule has 4 nitrogen and oxygen atoms in total. The highest BCUT2D eigenvalue weighted by atomic mass is 32.1. The van der Waals surface area contributed by atoms with Crippen LogP contribution in [-0.2, 0) is 0 Å². The first kappa shape index (κ1) is 8.35. The summed E-state index contributed by atoms with van der Waals surface area (Å²) in [4.78, 5) is 0.388. The van der Waals surface area contributed by atoms with Gasteiger partial charge in [-0.1, -0.05) is 17.4 Å². The van der Waals surface area contributed by atoms with Gasteiger partial charge in [-0.3, -0.25) is 0 Å². The van der Waals surface area contributed by atoms with Crippen LogP contribution in [0, 0.1) is 0 Å². The quantitative estimate of drug-likeness (QED) is 0.756. The van der Waals surface area contributed by atoms with E-state index in [4.69, 9.17) is 18.0 Å². The smallest absolute Gasteiger partial charge is 0.143 e. The molecule has 0 unspecified atom stereocenters. The van der Waals surface area contributed by atoms with Gasteiger partial charge in [-0.2, -0.15) is 0 Å². The Bertz CT molecular complexity index is 390. The maximum absolute atomic E-state index is 5.63. The lowest BCUT2D eigenvalue weighted by Gasteiger charge is -2.03. The third-order valence-corrected chi connectivity index (χ3v) is 3.01. The standard InChI is InChI=1S/C9H12N4S/c10-9(14)7-8(5-1-2-5)13(12-11-7)6-3-4-6/h5-6H,1-4H2,(H2,10,14). The Hall–Kier alpha value is -0.970. The number of aromatic nitrogens is 3. The molecule has 0 atom stereocenters. The number of thiocarbonyl (C=S) groups is 1. The topological polar surface area (TPSA) is 56.7 Å². The van der Waals surface area contributed by atoms with Crippen LogP contribution in [0.3, 0.4) is 0 Å². The summed E-state index contributed by atoms with van der Waals surface area (Å²) in [6.07, 6.45) is 4.91. The molecule has 2 aliphatic carbocycles. The average molecular weight is 208 g/mol. The van der Waals surface area contributed by atoms with E-state index in [1.807, 2.05) is 4.68 Å². The Balaban J connectivity index is 2.06. The minimum absolute atomic E-state index is 0.388. The van der Waals surface area contributed by atoms with E-state index in [-0.39, 0.29) is 0 Å². The minimum atomic E-state index is 0.388. The zero-order valence-corrected chi connectivity index (χ0v) is 8.63. The van der Waals surface area contributed by atoms with Gasteiger partial charge in [0.25, 0.3) is 0 Å². The van der Waals surface area contributed by atoms with Crippen molar-refractivity contribution < 1.29 is 0 Å². The van der Waals surface area contributed by atoms with Crippen molar-refractivity contribution in [2.45, 2.75) is 37.6 Å². The molecule has 0 radical (unpaired) electrons. The predicted octanol–water partition coefficient (Wildman–Crippen LogP) is 1.12. The third kappa shape index (κ3) is 1.23. The van der Waals surface area contributed by atoms with Crippen LogP contribution in [0.25, 0.3) is 0 Å². The van der Waals surface area contributed by atoms with Crippen LogP contribution in [0.2, 0.25) is 0 Å². The van der Waals surface area contributed by atoms with Crippen LogP contribution in [0.5, 0.6) is 0 Å². The molecule has 1 aromatic heterocycles. The molecule has 2 saturated carbocycles. The van der Waals surface area contributed by atoms with Crippen LogP contribution in [0.15, 0.2) is 0 Å². The summed E-state index contributed by atoms with van der Waals surface area (Å²) in [6, 6.07) is 0.571. The molecule has 0 saturated heterocycles. The first-order valence-electron chi connectivity index (χ1n) is 5.02. The second-order valence-electron chi connectivity index (χ2n) is 4.14. The largest absolute Gasteiger partial charge is 0.388 e. The van der Waals surface area contributed by atoms with Crippen LogP contribution >= 0.6 is 12.2 Å². The fraction of sp³-hybridized carbons (Fsp3) is 0.667. The number of hydrogen-bond donors (Lipinski definition) is 1. The van der Waals surface area contributed by atoms with E-state index in [1.165, 1.54) is 31.4 Å². The molecule has 74 valence electrons. The fourth-order valence-corrected chi connectivity index (χ4v) is 1.95. The Morgan fingerprint density at radius 1 is 1.36 bits per heavy atom. The van der Waals surface area contributed by atoms with Crippen molar-refractivity contribution in [2.75, 3.05) is 0 Å². The van der Waals surface area contributed by atoms with Gasteiger partial charge >= 0.3 is 0 Å². The Morgan fingerprint density at radius 3 is 2.57 bits per heavy atom. The maximum Gasteiger partial charge on any atom is 0.143 e. The van der Waals surface area contributed by atoms with Gasteiger partial charge in [0.05, 0.1) is 11.7 Å². The van der Waals surface area contributed by atoms with E-state index in [2.05, 4.69) is 10.3 Å². The first-order valence-corrected chi connectivity index (χ1v) is 5.43. The highest BCUT2D eigenvalue weighted by molar-refractivity contribution is 7.80. The summed E-state index contributed by atoms with van der Waals surface area (Å²) in [6.45, 7) is 0. The third-order valence-electron chi connectivity index (χ3n) is 2.82. The van der Waals surface area contributed by atoms with E-state index in [9.17, 15) is 0 Å². The molecule has 0 spiro atoms. The van der Waals surface area contributed by atoms with Crippen LogP contribution < -0.4 is 5.73 Å². The van der Waals surface area contributed by atoms with Crippen molar-refractivity contribution in [2.24, 2.45) is 5.73 Å². The molecule has 0 aliphatic heterocycles. The van der Waals surface area contributed by atoms with Crippen molar-refractivity contribution in [3.8, 4) is 0 Å². The van der Waals surface area contributed by atoms with Crippen molar-refractivity contribution in [1.29, 1.82) is 0 Å². The summed E-state index contributed by atoms with van der Waals surface area (Å²) < 4.78 is 2.05. The first-order chi connectivity index (χ1) is 6.77. The number of rotatable bonds is 3. The molecular weight excluding hydrogens is 196 g/mol. The zero-order valence-electron chi connectivity index (χ0n) is 7.81. The lowest BCUT2D eigenvalue weighted by molar-refractivity contribution is 0.583. The summed E-state index contributed by atoms with van der Waals surface area (Å²) in [5, 5.41) is 8.24. The van der Waals surface area contributed by atoms with E-state index < -0.39 is 0 Å². The molecule has 0 bridgehead atoms. The summed E-state index contributed by atoms with van der Waals surface area (Å²) in [5.41, 5.74) is 7.58. The molecule has 5 heteroatoms. The highest BCUT2D eigenvalue weighted by Crippen LogP contribution is 2.45. The number of nitrogens with zero attached hydrogens (tertiary/aromatic N) is 3. The Morgan fingerprint density at radius 2 is 2.07 bits per heavy atom. The summed E-state index contributed by atoms with van der Waals surface area (Å²) in [5.74, 6) is 0.613. The van der Waals surface area contributed by atoms with Crippen LogP contribution in [0.4, 0.5) is 0 Å². The number of nitrogens with two attached hydrogens (primary N) is 1. The normalized spacial score (nSPS) is 21.1. The second-order valence-corrected chi connectivity index (χ2v) is 4.58. The van der Waals surface area contributed by atoms with Crippen molar-refractivity contribution >= 4 is 17.2 Å².